The van der Waals surface area contributed by atoms with E-state index in [4.69, 9.17) is 4.74 Å². The molecule has 0 unspecified atom stereocenters. The maximum absolute atomic E-state index is 13.6. The van der Waals surface area contributed by atoms with Gasteiger partial charge in [0.15, 0.2) is 0 Å². The lowest BCUT2D eigenvalue weighted by Gasteiger charge is -2.21. The van der Waals surface area contributed by atoms with E-state index in [1.807, 2.05) is 6.92 Å². The van der Waals surface area contributed by atoms with Crippen molar-refractivity contribution in [1.82, 2.24) is 4.90 Å². The Morgan fingerprint density at radius 1 is 1.30 bits per heavy atom. The predicted octanol–water partition coefficient (Wildman–Crippen LogP) is 2.51. The molecular formula is C14H20F2N2O2. The summed E-state index contributed by atoms with van der Waals surface area (Å²) in [5, 5.41) is 2.42. The Labute approximate surface area is 117 Å². The van der Waals surface area contributed by atoms with Gasteiger partial charge in [0, 0.05) is 32.3 Å². The van der Waals surface area contributed by atoms with Crippen LogP contribution in [0.1, 0.15) is 24.2 Å². The van der Waals surface area contributed by atoms with Crippen LogP contribution in [0.4, 0.5) is 14.5 Å². The molecule has 0 atom stereocenters. The molecule has 1 aromatic carbocycles. The van der Waals surface area contributed by atoms with Crippen molar-refractivity contribution in [2.45, 2.75) is 13.8 Å². The van der Waals surface area contributed by atoms with Crippen LogP contribution in [0.3, 0.4) is 0 Å². The lowest BCUT2D eigenvalue weighted by Crippen LogP contribution is -2.34. The van der Waals surface area contributed by atoms with Gasteiger partial charge >= 0.3 is 0 Å². The number of ether oxygens (including phenoxy) is 1. The van der Waals surface area contributed by atoms with Crippen LogP contribution in [-0.2, 0) is 4.74 Å². The van der Waals surface area contributed by atoms with Crippen molar-refractivity contribution in [1.29, 1.82) is 0 Å². The van der Waals surface area contributed by atoms with Gasteiger partial charge in [-0.1, -0.05) is 0 Å². The smallest absolute Gasteiger partial charge is 0.254 e. The molecule has 20 heavy (non-hydrogen) atoms. The maximum atomic E-state index is 13.6. The molecule has 6 heteroatoms. The monoisotopic (exact) mass is 286 g/mol. The van der Waals surface area contributed by atoms with Gasteiger partial charge < -0.3 is 15.0 Å². The molecule has 4 nitrogen and oxygen atoms in total. The number of likely N-dealkylation sites (N-methyl/N-ethyl adjacent to an activating group) is 1. The van der Waals surface area contributed by atoms with Crippen LogP contribution < -0.4 is 5.32 Å². The fraction of sp³-hybridized carbons (Fsp3) is 0.500. The van der Waals surface area contributed by atoms with Gasteiger partial charge in [0.05, 0.1) is 6.61 Å². The Bertz CT molecular complexity index is 443. The molecule has 0 aliphatic rings. The van der Waals surface area contributed by atoms with E-state index in [1.165, 1.54) is 11.9 Å². The molecule has 0 saturated carbocycles. The third-order valence-electron chi connectivity index (χ3n) is 2.92. The molecule has 1 aromatic rings. The Morgan fingerprint density at radius 2 is 1.90 bits per heavy atom. The van der Waals surface area contributed by atoms with E-state index >= 15 is 0 Å². The molecule has 1 amide bonds. The number of rotatable bonds is 7. The van der Waals surface area contributed by atoms with Crippen molar-refractivity contribution in [2.24, 2.45) is 0 Å². The zero-order valence-electron chi connectivity index (χ0n) is 12.0. The lowest BCUT2D eigenvalue weighted by molar-refractivity contribution is 0.0668. The van der Waals surface area contributed by atoms with Gasteiger partial charge in [-0.15, -0.1) is 0 Å². The van der Waals surface area contributed by atoms with E-state index in [-0.39, 0.29) is 11.3 Å². The first-order chi connectivity index (χ1) is 9.54. The van der Waals surface area contributed by atoms with Crippen LogP contribution in [0.2, 0.25) is 0 Å². The SMILES string of the molecule is CCOCCN(CC)C(=O)c1cc(F)c(NC)c(F)c1. The van der Waals surface area contributed by atoms with E-state index < -0.39 is 17.5 Å². The number of hydrogen-bond acceptors (Lipinski definition) is 3. The van der Waals surface area contributed by atoms with Crippen LogP contribution >= 0.6 is 0 Å². The molecule has 0 radical (unpaired) electrons. The summed E-state index contributed by atoms with van der Waals surface area (Å²) in [6.07, 6.45) is 0. The average Bonchev–Trinajstić information content (AvgIpc) is 2.42. The van der Waals surface area contributed by atoms with Crippen molar-refractivity contribution in [2.75, 3.05) is 38.7 Å². The van der Waals surface area contributed by atoms with Crippen molar-refractivity contribution in [3.8, 4) is 0 Å². The average molecular weight is 286 g/mol. The Balaban J connectivity index is 2.89. The first-order valence-corrected chi connectivity index (χ1v) is 6.58. The molecule has 1 rings (SSSR count). The normalized spacial score (nSPS) is 10.4. The Hall–Kier alpha value is -1.69. The second-order valence-corrected chi connectivity index (χ2v) is 4.15. The van der Waals surface area contributed by atoms with Crippen molar-refractivity contribution >= 4 is 11.6 Å². The fourth-order valence-electron chi connectivity index (χ4n) is 1.84. The topological polar surface area (TPSA) is 41.6 Å². The summed E-state index contributed by atoms with van der Waals surface area (Å²) in [7, 11) is 1.42. The minimum Gasteiger partial charge on any atom is -0.383 e. The van der Waals surface area contributed by atoms with Crippen molar-refractivity contribution < 1.29 is 18.3 Å². The highest BCUT2D eigenvalue weighted by atomic mass is 19.1. The molecule has 112 valence electrons. The molecule has 0 spiro atoms. The van der Waals surface area contributed by atoms with E-state index in [9.17, 15) is 13.6 Å². The molecule has 0 saturated heterocycles. The zero-order chi connectivity index (χ0) is 15.1. The van der Waals surface area contributed by atoms with Gasteiger partial charge in [-0.3, -0.25) is 4.79 Å². The van der Waals surface area contributed by atoms with Gasteiger partial charge in [-0.25, -0.2) is 8.78 Å². The van der Waals surface area contributed by atoms with Crippen LogP contribution in [0.15, 0.2) is 12.1 Å². The van der Waals surface area contributed by atoms with Crippen LogP contribution in [0, 0.1) is 11.6 Å². The number of amides is 1. The number of carbonyl (C=O) groups is 1. The van der Waals surface area contributed by atoms with Gasteiger partial charge in [0.1, 0.15) is 17.3 Å². The molecule has 1 N–H and O–H groups in total. The van der Waals surface area contributed by atoms with Gasteiger partial charge in [-0.2, -0.15) is 0 Å². The molecule has 0 heterocycles. The molecule has 0 aliphatic carbocycles. The summed E-state index contributed by atoms with van der Waals surface area (Å²) in [5.74, 6) is -1.97. The first kappa shape index (κ1) is 16.4. The summed E-state index contributed by atoms with van der Waals surface area (Å²) in [6, 6.07) is 2.08. The number of hydrogen-bond donors (Lipinski definition) is 1. The van der Waals surface area contributed by atoms with E-state index in [0.29, 0.717) is 26.3 Å². The summed E-state index contributed by atoms with van der Waals surface area (Å²) in [5.41, 5.74) is -0.240. The summed E-state index contributed by atoms with van der Waals surface area (Å²) < 4.78 is 32.5. The summed E-state index contributed by atoms with van der Waals surface area (Å²) >= 11 is 0. The van der Waals surface area contributed by atoms with E-state index in [2.05, 4.69) is 5.32 Å². The number of nitrogens with zero attached hydrogens (tertiary/aromatic N) is 1. The summed E-state index contributed by atoms with van der Waals surface area (Å²) in [6.45, 7) is 5.46. The highest BCUT2D eigenvalue weighted by Crippen LogP contribution is 2.21. The van der Waals surface area contributed by atoms with Crippen LogP contribution in [0.25, 0.3) is 0 Å². The van der Waals surface area contributed by atoms with Crippen molar-refractivity contribution in [3.63, 3.8) is 0 Å². The number of halogens is 2. The number of carbonyl (C=O) groups excluding carboxylic acids is 1. The van der Waals surface area contributed by atoms with Gasteiger partial charge in [-0.05, 0) is 26.0 Å². The second-order valence-electron chi connectivity index (χ2n) is 4.15. The van der Waals surface area contributed by atoms with E-state index in [1.54, 1.807) is 6.92 Å². The number of nitrogens with one attached hydrogen (secondary N) is 1. The summed E-state index contributed by atoms with van der Waals surface area (Å²) in [4.78, 5) is 13.7. The fourth-order valence-corrected chi connectivity index (χ4v) is 1.84. The van der Waals surface area contributed by atoms with Crippen LogP contribution in [0.5, 0.6) is 0 Å². The number of benzene rings is 1. The maximum Gasteiger partial charge on any atom is 0.254 e. The van der Waals surface area contributed by atoms with Gasteiger partial charge in [0.2, 0.25) is 0 Å². The highest BCUT2D eigenvalue weighted by Gasteiger charge is 2.18. The quantitative estimate of drug-likeness (QED) is 0.783. The van der Waals surface area contributed by atoms with Crippen molar-refractivity contribution in [3.05, 3.63) is 29.3 Å². The molecule has 0 fully saturated rings. The minimum atomic E-state index is -0.781. The van der Waals surface area contributed by atoms with Gasteiger partial charge in [0.25, 0.3) is 5.91 Å². The Kier molecular flexibility index (Phi) is 6.38. The molecule has 0 bridgehead atoms. The third kappa shape index (κ3) is 3.90. The Morgan fingerprint density at radius 3 is 2.35 bits per heavy atom. The third-order valence-corrected chi connectivity index (χ3v) is 2.92. The second kappa shape index (κ2) is 7.79. The van der Waals surface area contributed by atoms with Crippen LogP contribution in [-0.4, -0.2) is 44.2 Å². The minimum absolute atomic E-state index is 0.00246. The lowest BCUT2D eigenvalue weighted by atomic mass is 10.1. The standard InChI is InChI=1S/C14H20F2N2O2/c1-4-18(6-7-20-5-2)14(19)10-8-11(15)13(17-3)12(16)9-10/h8-9,17H,4-7H2,1-3H3. The first-order valence-electron chi connectivity index (χ1n) is 6.58. The number of anilines is 1. The molecular weight excluding hydrogens is 266 g/mol. The van der Waals surface area contributed by atoms with E-state index in [0.717, 1.165) is 12.1 Å². The zero-order valence-corrected chi connectivity index (χ0v) is 12.0. The molecule has 0 aromatic heterocycles. The predicted molar refractivity (Wildman–Crippen MR) is 74.0 cm³/mol. The molecule has 0 aliphatic heterocycles. The highest BCUT2D eigenvalue weighted by molar-refractivity contribution is 5.94. The largest absolute Gasteiger partial charge is 0.383 e.